The van der Waals surface area contributed by atoms with Gasteiger partial charge in [-0.15, -0.1) is 0 Å². The quantitative estimate of drug-likeness (QED) is 0.489. The second-order valence-corrected chi connectivity index (χ2v) is 3.48. The maximum absolute atomic E-state index is 7.56. The van der Waals surface area contributed by atoms with Crippen molar-refractivity contribution >= 4 is 5.84 Å². The summed E-state index contributed by atoms with van der Waals surface area (Å²) in [6.45, 7) is 3.15. The summed E-state index contributed by atoms with van der Waals surface area (Å²) in [6.07, 6.45) is 5.02. The van der Waals surface area contributed by atoms with E-state index in [9.17, 15) is 0 Å². The Labute approximate surface area is 69.1 Å². The van der Waals surface area contributed by atoms with E-state index in [1.807, 2.05) is 14.0 Å². The van der Waals surface area contributed by atoms with Crippen molar-refractivity contribution < 1.29 is 0 Å². The average molecular weight is 154 g/mol. The number of rotatable bonds is 3. The second kappa shape index (κ2) is 3.74. The van der Waals surface area contributed by atoms with E-state index in [1.54, 1.807) is 0 Å². The molecule has 0 heterocycles. The van der Waals surface area contributed by atoms with Crippen LogP contribution in [0.4, 0.5) is 0 Å². The Kier molecular flexibility index (Phi) is 2.92. The first-order chi connectivity index (χ1) is 5.24. The molecule has 0 bridgehead atoms. The summed E-state index contributed by atoms with van der Waals surface area (Å²) >= 11 is 0. The fraction of sp³-hybridized carbons (Fsp3) is 0.889. The van der Waals surface area contributed by atoms with Crippen molar-refractivity contribution in [2.75, 3.05) is 13.6 Å². The first-order valence-corrected chi connectivity index (χ1v) is 4.52. The number of nitrogens with one attached hydrogen (secondary N) is 1. The van der Waals surface area contributed by atoms with Crippen molar-refractivity contribution in [2.24, 2.45) is 5.92 Å². The molecule has 64 valence electrons. The van der Waals surface area contributed by atoms with Crippen LogP contribution in [0.3, 0.4) is 0 Å². The molecule has 0 radical (unpaired) electrons. The molecule has 2 heteroatoms. The van der Waals surface area contributed by atoms with Crippen LogP contribution in [0.1, 0.15) is 32.6 Å². The smallest absolute Gasteiger partial charge is 0.0952 e. The Hall–Kier alpha value is -0.530. The monoisotopic (exact) mass is 154 g/mol. The Morgan fingerprint density at radius 1 is 1.55 bits per heavy atom. The molecule has 0 amide bonds. The second-order valence-electron chi connectivity index (χ2n) is 3.48. The Bertz CT molecular complexity index is 138. The van der Waals surface area contributed by atoms with E-state index in [0.717, 1.165) is 24.7 Å². The van der Waals surface area contributed by atoms with Crippen LogP contribution in [-0.2, 0) is 0 Å². The van der Waals surface area contributed by atoms with Crippen molar-refractivity contribution in [3.8, 4) is 0 Å². The lowest BCUT2D eigenvalue weighted by Crippen LogP contribution is -2.33. The normalized spacial score (nSPS) is 17.6. The molecule has 0 aliphatic heterocycles. The van der Waals surface area contributed by atoms with Gasteiger partial charge in [-0.1, -0.05) is 13.3 Å². The highest BCUT2D eigenvalue weighted by atomic mass is 15.1. The Morgan fingerprint density at radius 3 is 2.55 bits per heavy atom. The molecule has 1 saturated carbocycles. The molecule has 1 rings (SSSR count). The zero-order valence-corrected chi connectivity index (χ0v) is 7.56. The van der Waals surface area contributed by atoms with Crippen LogP contribution in [0.25, 0.3) is 0 Å². The number of amidine groups is 1. The van der Waals surface area contributed by atoms with Gasteiger partial charge in [0.25, 0.3) is 0 Å². The van der Waals surface area contributed by atoms with Crippen molar-refractivity contribution in [2.45, 2.75) is 32.6 Å². The Morgan fingerprint density at radius 2 is 2.18 bits per heavy atom. The SMILES string of the molecule is CCC(=N)N(C)CC1CCC1. The van der Waals surface area contributed by atoms with Crippen LogP contribution >= 0.6 is 0 Å². The highest BCUT2D eigenvalue weighted by Gasteiger charge is 2.19. The van der Waals surface area contributed by atoms with Crippen LogP contribution < -0.4 is 0 Å². The van der Waals surface area contributed by atoms with E-state index in [0.29, 0.717) is 0 Å². The predicted molar refractivity (Wildman–Crippen MR) is 48.0 cm³/mol. The van der Waals surface area contributed by atoms with Gasteiger partial charge in [-0.3, -0.25) is 5.41 Å². The minimum absolute atomic E-state index is 0.775. The first kappa shape index (κ1) is 8.57. The molecule has 0 atom stereocenters. The van der Waals surface area contributed by atoms with Gasteiger partial charge in [-0.2, -0.15) is 0 Å². The van der Waals surface area contributed by atoms with Crippen molar-refractivity contribution in [3.05, 3.63) is 0 Å². The van der Waals surface area contributed by atoms with Gasteiger partial charge in [-0.05, 0) is 18.8 Å². The molecule has 0 aromatic heterocycles. The lowest BCUT2D eigenvalue weighted by atomic mass is 9.85. The molecule has 1 aliphatic rings. The van der Waals surface area contributed by atoms with Crippen LogP contribution in [0.2, 0.25) is 0 Å². The maximum atomic E-state index is 7.56. The van der Waals surface area contributed by atoms with E-state index in [4.69, 9.17) is 5.41 Å². The summed E-state index contributed by atoms with van der Waals surface area (Å²) in [5.74, 6) is 1.66. The van der Waals surface area contributed by atoms with Gasteiger partial charge < -0.3 is 4.90 Å². The topological polar surface area (TPSA) is 27.1 Å². The number of nitrogens with zero attached hydrogens (tertiary/aromatic N) is 1. The summed E-state index contributed by atoms with van der Waals surface area (Å²) in [4.78, 5) is 2.09. The van der Waals surface area contributed by atoms with Gasteiger partial charge in [-0.25, -0.2) is 0 Å². The van der Waals surface area contributed by atoms with Crippen LogP contribution in [0.15, 0.2) is 0 Å². The zero-order chi connectivity index (χ0) is 8.27. The van der Waals surface area contributed by atoms with Gasteiger partial charge in [0, 0.05) is 20.0 Å². The van der Waals surface area contributed by atoms with Crippen molar-refractivity contribution in [1.82, 2.24) is 4.90 Å². The summed E-state index contributed by atoms with van der Waals surface area (Å²) < 4.78 is 0. The third-order valence-electron chi connectivity index (χ3n) is 2.55. The molecule has 0 unspecified atom stereocenters. The molecule has 11 heavy (non-hydrogen) atoms. The standard InChI is InChI=1S/C9H18N2/c1-3-9(10)11(2)7-8-5-4-6-8/h8,10H,3-7H2,1-2H3. The van der Waals surface area contributed by atoms with Gasteiger partial charge in [0.05, 0.1) is 5.84 Å². The van der Waals surface area contributed by atoms with Gasteiger partial charge >= 0.3 is 0 Å². The van der Waals surface area contributed by atoms with E-state index in [2.05, 4.69) is 4.90 Å². The fourth-order valence-corrected chi connectivity index (χ4v) is 1.44. The van der Waals surface area contributed by atoms with Crippen LogP contribution in [0, 0.1) is 11.3 Å². The largest absolute Gasteiger partial charge is 0.363 e. The summed E-state index contributed by atoms with van der Waals surface area (Å²) in [7, 11) is 2.03. The van der Waals surface area contributed by atoms with E-state index >= 15 is 0 Å². The predicted octanol–water partition coefficient (Wildman–Crippen LogP) is 2.11. The highest BCUT2D eigenvalue weighted by molar-refractivity contribution is 5.78. The fourth-order valence-electron chi connectivity index (χ4n) is 1.44. The zero-order valence-electron chi connectivity index (χ0n) is 7.56. The van der Waals surface area contributed by atoms with E-state index in [-0.39, 0.29) is 0 Å². The maximum Gasteiger partial charge on any atom is 0.0952 e. The van der Waals surface area contributed by atoms with Gasteiger partial charge in [0.2, 0.25) is 0 Å². The third-order valence-corrected chi connectivity index (χ3v) is 2.55. The minimum atomic E-state index is 0.775. The third kappa shape index (κ3) is 2.21. The lowest BCUT2D eigenvalue weighted by Gasteiger charge is -2.31. The van der Waals surface area contributed by atoms with E-state index in [1.165, 1.54) is 19.3 Å². The molecule has 1 aliphatic carbocycles. The number of hydrogen-bond acceptors (Lipinski definition) is 1. The summed E-state index contributed by atoms with van der Waals surface area (Å²) in [5.41, 5.74) is 0. The average Bonchev–Trinajstić information content (AvgIpc) is 1.94. The highest BCUT2D eigenvalue weighted by Crippen LogP contribution is 2.26. The molecule has 0 spiro atoms. The van der Waals surface area contributed by atoms with E-state index < -0.39 is 0 Å². The van der Waals surface area contributed by atoms with Crippen LogP contribution in [0.5, 0.6) is 0 Å². The number of hydrogen-bond donors (Lipinski definition) is 1. The van der Waals surface area contributed by atoms with Gasteiger partial charge in [0.15, 0.2) is 0 Å². The molecular weight excluding hydrogens is 136 g/mol. The van der Waals surface area contributed by atoms with Crippen molar-refractivity contribution in [3.63, 3.8) is 0 Å². The minimum Gasteiger partial charge on any atom is -0.363 e. The van der Waals surface area contributed by atoms with Crippen molar-refractivity contribution in [1.29, 1.82) is 5.41 Å². The van der Waals surface area contributed by atoms with Gasteiger partial charge in [0.1, 0.15) is 0 Å². The summed E-state index contributed by atoms with van der Waals surface area (Å²) in [5, 5.41) is 7.56. The molecule has 1 N–H and O–H groups in total. The first-order valence-electron chi connectivity index (χ1n) is 4.52. The van der Waals surface area contributed by atoms with Crippen LogP contribution in [-0.4, -0.2) is 24.3 Å². The molecule has 0 aromatic rings. The molecule has 0 aromatic carbocycles. The molecule has 1 fully saturated rings. The molecule has 2 nitrogen and oxygen atoms in total. The summed E-state index contributed by atoms with van der Waals surface area (Å²) in [6, 6.07) is 0. The Balaban J connectivity index is 2.18. The molecule has 0 saturated heterocycles. The molecular formula is C9H18N2. The lowest BCUT2D eigenvalue weighted by molar-refractivity contribution is 0.256.